The van der Waals surface area contributed by atoms with E-state index in [9.17, 15) is 4.79 Å². The van der Waals surface area contributed by atoms with Gasteiger partial charge in [-0.2, -0.15) is 0 Å². The number of carbonyl (C=O) groups is 1. The smallest absolute Gasteiger partial charge is 0.330 e. The lowest BCUT2D eigenvalue weighted by Gasteiger charge is -2.08. The zero-order chi connectivity index (χ0) is 15.0. The Morgan fingerprint density at radius 3 is 2.70 bits per heavy atom. The van der Waals surface area contributed by atoms with E-state index < -0.39 is 18.7 Å². The number of hydrogen-bond donors (Lipinski definition) is 2. The highest BCUT2D eigenvalue weighted by molar-refractivity contribution is 5.87. The molecule has 0 aromatic heterocycles. The van der Waals surface area contributed by atoms with Crippen molar-refractivity contribution in [3.05, 3.63) is 29.8 Å². The van der Waals surface area contributed by atoms with Gasteiger partial charge in [0.15, 0.2) is 0 Å². The number of aliphatic hydroxyl groups is 2. The van der Waals surface area contributed by atoms with Gasteiger partial charge in [-0.05, 0) is 18.2 Å². The van der Waals surface area contributed by atoms with Crippen LogP contribution in [0.4, 0.5) is 0 Å². The van der Waals surface area contributed by atoms with Crippen molar-refractivity contribution in [1.29, 1.82) is 0 Å². The standard InChI is InChI=1S/C14H18O6/c1-18-12-5-3-10(13(7-12)19-2)4-6-14(17)20-9-11(16)8-15/h3-7,11,15-16H,8-9H2,1-2H3. The number of esters is 1. The lowest BCUT2D eigenvalue weighted by molar-refractivity contribution is -0.141. The van der Waals surface area contributed by atoms with Gasteiger partial charge in [0.05, 0.1) is 20.8 Å². The maximum absolute atomic E-state index is 11.4. The summed E-state index contributed by atoms with van der Waals surface area (Å²) >= 11 is 0. The third kappa shape index (κ3) is 4.91. The molecule has 0 heterocycles. The SMILES string of the molecule is COc1ccc(C=CC(=O)OCC(O)CO)c(OC)c1. The van der Waals surface area contributed by atoms with Gasteiger partial charge in [0.25, 0.3) is 0 Å². The van der Waals surface area contributed by atoms with Crippen LogP contribution in [0.15, 0.2) is 24.3 Å². The van der Waals surface area contributed by atoms with Crippen molar-refractivity contribution in [2.75, 3.05) is 27.4 Å². The molecule has 1 unspecified atom stereocenters. The Kier molecular flexibility index (Phi) is 6.55. The molecule has 0 bridgehead atoms. The fourth-order valence-electron chi connectivity index (χ4n) is 1.39. The fourth-order valence-corrected chi connectivity index (χ4v) is 1.39. The lowest BCUT2D eigenvalue weighted by Crippen LogP contribution is -2.21. The first-order valence-electron chi connectivity index (χ1n) is 5.96. The van der Waals surface area contributed by atoms with Crippen LogP contribution in [0.25, 0.3) is 6.08 Å². The van der Waals surface area contributed by atoms with Gasteiger partial charge < -0.3 is 24.4 Å². The minimum absolute atomic E-state index is 0.251. The predicted octanol–water partition coefficient (Wildman–Crippen LogP) is 0.613. The largest absolute Gasteiger partial charge is 0.497 e. The van der Waals surface area contributed by atoms with Gasteiger partial charge in [-0.3, -0.25) is 0 Å². The molecular formula is C14H18O6. The molecule has 0 aliphatic rings. The summed E-state index contributed by atoms with van der Waals surface area (Å²) in [4.78, 5) is 11.4. The molecule has 0 amide bonds. The van der Waals surface area contributed by atoms with E-state index in [0.29, 0.717) is 17.1 Å². The molecule has 110 valence electrons. The molecule has 0 fully saturated rings. The number of aliphatic hydroxyl groups excluding tert-OH is 2. The maximum Gasteiger partial charge on any atom is 0.330 e. The Balaban J connectivity index is 2.67. The van der Waals surface area contributed by atoms with Crippen LogP contribution in [0.3, 0.4) is 0 Å². The highest BCUT2D eigenvalue weighted by Crippen LogP contribution is 2.25. The molecule has 1 rings (SSSR count). The van der Waals surface area contributed by atoms with E-state index in [4.69, 9.17) is 24.4 Å². The Hall–Kier alpha value is -2.05. The van der Waals surface area contributed by atoms with Gasteiger partial charge in [-0.25, -0.2) is 4.79 Å². The van der Waals surface area contributed by atoms with Crippen LogP contribution in [0, 0.1) is 0 Å². The number of carbonyl (C=O) groups excluding carboxylic acids is 1. The van der Waals surface area contributed by atoms with Gasteiger partial charge in [0.1, 0.15) is 24.2 Å². The summed E-state index contributed by atoms with van der Waals surface area (Å²) in [6, 6.07) is 5.17. The van der Waals surface area contributed by atoms with E-state index in [2.05, 4.69) is 0 Å². The molecule has 0 spiro atoms. The van der Waals surface area contributed by atoms with Crippen LogP contribution in [-0.4, -0.2) is 49.7 Å². The Morgan fingerprint density at radius 1 is 1.35 bits per heavy atom. The van der Waals surface area contributed by atoms with E-state index in [0.717, 1.165) is 0 Å². The van der Waals surface area contributed by atoms with E-state index in [1.807, 2.05) is 0 Å². The summed E-state index contributed by atoms with van der Waals surface area (Å²) in [6.07, 6.45) is 1.68. The minimum Gasteiger partial charge on any atom is -0.497 e. The highest BCUT2D eigenvalue weighted by atomic mass is 16.5. The molecule has 6 nitrogen and oxygen atoms in total. The highest BCUT2D eigenvalue weighted by Gasteiger charge is 2.06. The third-order valence-electron chi connectivity index (χ3n) is 2.47. The summed E-state index contributed by atoms with van der Waals surface area (Å²) in [5, 5.41) is 17.6. The molecule has 1 aromatic rings. The average Bonchev–Trinajstić information content (AvgIpc) is 2.50. The van der Waals surface area contributed by atoms with Crippen molar-refractivity contribution in [2.45, 2.75) is 6.10 Å². The first-order chi connectivity index (χ1) is 9.60. The second-order valence-corrected chi connectivity index (χ2v) is 3.91. The van der Waals surface area contributed by atoms with Crippen molar-refractivity contribution < 1.29 is 29.2 Å². The van der Waals surface area contributed by atoms with Crippen LogP contribution in [0.1, 0.15) is 5.56 Å². The topological polar surface area (TPSA) is 85.2 Å². The number of methoxy groups -OCH3 is 2. The number of rotatable bonds is 7. The summed E-state index contributed by atoms with van der Waals surface area (Å²) in [5.41, 5.74) is 0.688. The zero-order valence-electron chi connectivity index (χ0n) is 11.4. The fraction of sp³-hybridized carbons (Fsp3) is 0.357. The van der Waals surface area contributed by atoms with E-state index in [-0.39, 0.29) is 6.61 Å². The van der Waals surface area contributed by atoms with E-state index in [1.54, 1.807) is 25.3 Å². The summed E-state index contributed by atoms with van der Waals surface area (Å²) in [5.74, 6) is 0.590. The Morgan fingerprint density at radius 2 is 2.10 bits per heavy atom. The van der Waals surface area contributed by atoms with E-state index in [1.165, 1.54) is 19.3 Å². The van der Waals surface area contributed by atoms with Crippen LogP contribution in [0.2, 0.25) is 0 Å². The second-order valence-electron chi connectivity index (χ2n) is 3.91. The molecule has 0 radical (unpaired) electrons. The van der Waals surface area contributed by atoms with E-state index >= 15 is 0 Å². The predicted molar refractivity (Wildman–Crippen MR) is 72.6 cm³/mol. The van der Waals surface area contributed by atoms with Crippen molar-refractivity contribution in [2.24, 2.45) is 0 Å². The monoisotopic (exact) mass is 282 g/mol. The lowest BCUT2D eigenvalue weighted by atomic mass is 10.2. The quantitative estimate of drug-likeness (QED) is 0.563. The molecule has 2 N–H and O–H groups in total. The number of benzene rings is 1. The Bertz CT molecular complexity index is 469. The van der Waals surface area contributed by atoms with Crippen LogP contribution >= 0.6 is 0 Å². The summed E-state index contributed by atoms with van der Waals surface area (Å²) in [7, 11) is 3.07. The molecular weight excluding hydrogens is 264 g/mol. The van der Waals surface area contributed by atoms with Gasteiger partial charge in [0, 0.05) is 17.7 Å². The first-order valence-corrected chi connectivity index (χ1v) is 5.96. The average molecular weight is 282 g/mol. The Labute approximate surface area is 117 Å². The molecule has 6 heteroatoms. The van der Waals surface area contributed by atoms with Crippen molar-refractivity contribution in [1.82, 2.24) is 0 Å². The van der Waals surface area contributed by atoms with Gasteiger partial charge in [-0.1, -0.05) is 0 Å². The minimum atomic E-state index is -1.07. The van der Waals surface area contributed by atoms with Crippen molar-refractivity contribution in [3.8, 4) is 11.5 Å². The number of ether oxygens (including phenoxy) is 3. The van der Waals surface area contributed by atoms with Crippen LogP contribution in [0.5, 0.6) is 11.5 Å². The van der Waals surface area contributed by atoms with Gasteiger partial charge >= 0.3 is 5.97 Å². The normalized spacial score (nSPS) is 12.2. The molecule has 1 aromatic carbocycles. The third-order valence-corrected chi connectivity index (χ3v) is 2.47. The second kappa shape index (κ2) is 8.19. The molecule has 0 saturated carbocycles. The van der Waals surface area contributed by atoms with Crippen molar-refractivity contribution >= 4 is 12.0 Å². The van der Waals surface area contributed by atoms with Crippen LogP contribution < -0.4 is 9.47 Å². The maximum atomic E-state index is 11.4. The molecule has 0 aliphatic carbocycles. The molecule has 0 saturated heterocycles. The van der Waals surface area contributed by atoms with Gasteiger partial charge in [-0.15, -0.1) is 0 Å². The van der Waals surface area contributed by atoms with Crippen molar-refractivity contribution in [3.63, 3.8) is 0 Å². The first kappa shape index (κ1) is 16.0. The zero-order valence-corrected chi connectivity index (χ0v) is 11.4. The van der Waals surface area contributed by atoms with Crippen LogP contribution in [-0.2, 0) is 9.53 Å². The molecule has 0 aliphatic heterocycles. The number of hydrogen-bond acceptors (Lipinski definition) is 6. The summed E-state index contributed by atoms with van der Waals surface area (Å²) < 4.78 is 15.0. The molecule has 20 heavy (non-hydrogen) atoms. The molecule has 1 atom stereocenters. The van der Waals surface area contributed by atoms with Gasteiger partial charge in [0.2, 0.25) is 0 Å². The summed E-state index contributed by atoms with van der Waals surface area (Å²) in [6.45, 7) is -0.706.